The molecule has 2 aliphatic rings. The van der Waals surface area contributed by atoms with Gasteiger partial charge in [-0.3, -0.25) is 10.1 Å². The second kappa shape index (κ2) is 4.41. The van der Waals surface area contributed by atoms with E-state index in [4.69, 9.17) is 0 Å². The van der Waals surface area contributed by atoms with Crippen molar-refractivity contribution in [2.45, 2.75) is 19.4 Å². The molecule has 0 aliphatic carbocycles. The molecule has 2 unspecified atom stereocenters. The molecule has 5 nitrogen and oxygen atoms in total. The van der Waals surface area contributed by atoms with Gasteiger partial charge in [0, 0.05) is 37.3 Å². The Labute approximate surface area is 116 Å². The Morgan fingerprint density at radius 1 is 1.45 bits per heavy atom. The summed E-state index contributed by atoms with van der Waals surface area (Å²) in [5.74, 6) is 0.467. The molecule has 2 heterocycles. The molecule has 1 N–H and O–H groups in total. The fraction of sp³-hybridized carbons (Fsp3) is 0.571. The molecule has 0 aromatic heterocycles. The molecule has 108 valence electrons. The third-order valence-electron chi connectivity index (χ3n) is 4.78. The molecule has 1 aromatic rings. The van der Waals surface area contributed by atoms with Gasteiger partial charge in [0.1, 0.15) is 11.5 Å². The van der Waals surface area contributed by atoms with Crippen LogP contribution in [0.5, 0.6) is 0 Å². The number of nitrogens with one attached hydrogen (secondary N) is 1. The number of benzene rings is 1. The standard InChI is InChI=1S/C14H18FN3O2/c1-14(2)11-7-16-6-9(11)8-17(14)13-5-10(15)3-4-12(13)18(19)20/h3-5,9,11,16H,6-8H2,1-2H3. The van der Waals surface area contributed by atoms with Gasteiger partial charge in [-0.15, -0.1) is 0 Å². The van der Waals surface area contributed by atoms with Gasteiger partial charge in [0.2, 0.25) is 0 Å². The van der Waals surface area contributed by atoms with E-state index in [-0.39, 0.29) is 11.2 Å². The highest BCUT2D eigenvalue weighted by Gasteiger charge is 2.50. The van der Waals surface area contributed by atoms with E-state index in [1.165, 1.54) is 12.1 Å². The second-order valence-electron chi connectivity index (χ2n) is 6.18. The van der Waals surface area contributed by atoms with E-state index in [0.29, 0.717) is 17.5 Å². The summed E-state index contributed by atoms with van der Waals surface area (Å²) < 4.78 is 13.5. The molecular formula is C14H18FN3O2. The molecule has 2 saturated heterocycles. The SMILES string of the molecule is CC1(C)C2CNCC2CN1c1cc(F)ccc1[N+](=O)[O-]. The molecule has 0 saturated carbocycles. The lowest BCUT2D eigenvalue weighted by Crippen LogP contribution is -2.44. The van der Waals surface area contributed by atoms with Crippen LogP contribution in [0.4, 0.5) is 15.8 Å². The Bertz CT molecular complexity index is 561. The average Bonchev–Trinajstić information content (AvgIpc) is 2.91. The van der Waals surface area contributed by atoms with Crippen LogP contribution in [0.25, 0.3) is 0 Å². The van der Waals surface area contributed by atoms with Crippen LogP contribution in [0.1, 0.15) is 13.8 Å². The van der Waals surface area contributed by atoms with Gasteiger partial charge in [0.25, 0.3) is 5.69 Å². The fourth-order valence-corrected chi connectivity index (χ4v) is 3.70. The number of nitro benzene ring substituents is 1. The molecular weight excluding hydrogens is 261 g/mol. The van der Waals surface area contributed by atoms with Gasteiger partial charge < -0.3 is 10.2 Å². The quantitative estimate of drug-likeness (QED) is 0.666. The van der Waals surface area contributed by atoms with Crippen LogP contribution in [0, 0.1) is 27.8 Å². The monoisotopic (exact) mass is 279 g/mol. The Kier molecular flexibility index (Phi) is 2.93. The van der Waals surface area contributed by atoms with Gasteiger partial charge in [-0.2, -0.15) is 0 Å². The van der Waals surface area contributed by atoms with Gasteiger partial charge in [0.15, 0.2) is 0 Å². The van der Waals surface area contributed by atoms with E-state index < -0.39 is 10.7 Å². The molecule has 0 spiro atoms. The summed E-state index contributed by atoms with van der Waals surface area (Å²) in [4.78, 5) is 12.8. The smallest absolute Gasteiger partial charge is 0.292 e. The van der Waals surface area contributed by atoms with Crippen molar-refractivity contribution in [1.29, 1.82) is 0 Å². The molecule has 2 atom stereocenters. The van der Waals surface area contributed by atoms with Crippen LogP contribution >= 0.6 is 0 Å². The van der Waals surface area contributed by atoms with Gasteiger partial charge in [-0.25, -0.2) is 4.39 Å². The summed E-state index contributed by atoms with van der Waals surface area (Å²) in [6, 6.07) is 3.69. The Hall–Kier alpha value is -1.69. The van der Waals surface area contributed by atoms with Crippen LogP contribution in [-0.2, 0) is 0 Å². The second-order valence-corrected chi connectivity index (χ2v) is 6.18. The summed E-state index contributed by atoms with van der Waals surface area (Å²) in [6.45, 7) is 6.73. The normalized spacial score (nSPS) is 27.6. The van der Waals surface area contributed by atoms with E-state index >= 15 is 0 Å². The Balaban J connectivity index is 2.05. The van der Waals surface area contributed by atoms with Crippen molar-refractivity contribution in [2.75, 3.05) is 24.5 Å². The summed E-state index contributed by atoms with van der Waals surface area (Å²) in [7, 11) is 0. The van der Waals surface area contributed by atoms with Crippen LogP contribution in [0.3, 0.4) is 0 Å². The van der Waals surface area contributed by atoms with Crippen molar-refractivity contribution in [3.05, 3.63) is 34.1 Å². The minimum atomic E-state index is -0.434. The highest BCUT2D eigenvalue weighted by atomic mass is 19.1. The van der Waals surface area contributed by atoms with Gasteiger partial charge >= 0.3 is 0 Å². The predicted molar refractivity (Wildman–Crippen MR) is 74.3 cm³/mol. The van der Waals surface area contributed by atoms with Crippen molar-refractivity contribution in [2.24, 2.45) is 11.8 Å². The number of rotatable bonds is 2. The van der Waals surface area contributed by atoms with Gasteiger partial charge in [-0.1, -0.05) is 0 Å². The van der Waals surface area contributed by atoms with Crippen LogP contribution in [0.2, 0.25) is 0 Å². The van der Waals surface area contributed by atoms with Crippen molar-refractivity contribution < 1.29 is 9.31 Å². The summed E-state index contributed by atoms with van der Waals surface area (Å²) in [5, 5.41) is 14.6. The molecule has 20 heavy (non-hydrogen) atoms. The number of nitro groups is 1. The topological polar surface area (TPSA) is 58.4 Å². The van der Waals surface area contributed by atoms with E-state index in [2.05, 4.69) is 19.2 Å². The van der Waals surface area contributed by atoms with Crippen LogP contribution in [0.15, 0.2) is 18.2 Å². The number of hydrogen-bond donors (Lipinski definition) is 1. The maximum Gasteiger partial charge on any atom is 0.292 e. The first kappa shape index (κ1) is 13.3. The van der Waals surface area contributed by atoms with Crippen molar-refractivity contribution in [3.63, 3.8) is 0 Å². The summed E-state index contributed by atoms with van der Waals surface area (Å²) in [6.07, 6.45) is 0. The lowest BCUT2D eigenvalue weighted by Gasteiger charge is -2.37. The minimum Gasteiger partial charge on any atom is -0.360 e. The zero-order valence-corrected chi connectivity index (χ0v) is 11.6. The fourth-order valence-electron chi connectivity index (χ4n) is 3.70. The van der Waals surface area contributed by atoms with Crippen molar-refractivity contribution in [1.82, 2.24) is 5.32 Å². The van der Waals surface area contributed by atoms with E-state index in [1.54, 1.807) is 0 Å². The largest absolute Gasteiger partial charge is 0.360 e. The van der Waals surface area contributed by atoms with Gasteiger partial charge in [-0.05, 0) is 31.7 Å². The molecule has 2 aliphatic heterocycles. The molecule has 0 radical (unpaired) electrons. The number of hydrogen-bond acceptors (Lipinski definition) is 4. The number of fused-ring (bicyclic) bond motifs is 1. The molecule has 0 bridgehead atoms. The van der Waals surface area contributed by atoms with Crippen molar-refractivity contribution >= 4 is 11.4 Å². The number of nitrogens with zero attached hydrogens (tertiary/aromatic N) is 2. The highest BCUT2D eigenvalue weighted by molar-refractivity contribution is 5.65. The zero-order valence-electron chi connectivity index (χ0n) is 11.6. The highest BCUT2D eigenvalue weighted by Crippen LogP contribution is 2.45. The average molecular weight is 279 g/mol. The summed E-state index contributed by atoms with van der Waals surface area (Å²) in [5.41, 5.74) is 0.161. The maximum absolute atomic E-state index is 13.5. The summed E-state index contributed by atoms with van der Waals surface area (Å²) >= 11 is 0. The third kappa shape index (κ3) is 1.86. The van der Waals surface area contributed by atoms with Gasteiger partial charge in [0.05, 0.1) is 4.92 Å². The first-order chi connectivity index (χ1) is 9.41. The zero-order chi connectivity index (χ0) is 14.5. The lowest BCUT2D eigenvalue weighted by molar-refractivity contribution is -0.384. The Morgan fingerprint density at radius 3 is 2.85 bits per heavy atom. The maximum atomic E-state index is 13.5. The van der Waals surface area contributed by atoms with Crippen molar-refractivity contribution in [3.8, 4) is 0 Å². The first-order valence-electron chi connectivity index (χ1n) is 6.83. The molecule has 0 amide bonds. The van der Waals surface area contributed by atoms with Crippen LogP contribution in [-0.4, -0.2) is 30.1 Å². The molecule has 2 fully saturated rings. The molecule has 1 aromatic carbocycles. The predicted octanol–water partition coefficient (Wildman–Crippen LogP) is 2.17. The molecule has 3 rings (SSSR count). The minimum absolute atomic E-state index is 0.0209. The first-order valence-corrected chi connectivity index (χ1v) is 6.83. The lowest BCUT2D eigenvalue weighted by atomic mass is 9.84. The third-order valence-corrected chi connectivity index (χ3v) is 4.78. The van der Waals surface area contributed by atoms with E-state index in [1.807, 2.05) is 4.90 Å². The molecule has 6 heteroatoms. The number of anilines is 1. The Morgan fingerprint density at radius 2 is 2.20 bits per heavy atom. The number of halogens is 1. The van der Waals surface area contributed by atoms with Crippen LogP contribution < -0.4 is 10.2 Å². The van der Waals surface area contributed by atoms with E-state index in [9.17, 15) is 14.5 Å². The van der Waals surface area contributed by atoms with E-state index in [0.717, 1.165) is 25.7 Å².